The molecule has 0 radical (unpaired) electrons. The van der Waals surface area contributed by atoms with Crippen LogP contribution in [0, 0.1) is 0 Å². The number of hydrogen-bond donors (Lipinski definition) is 4. The lowest BCUT2D eigenvalue weighted by molar-refractivity contribution is -0.137. The number of ether oxygens (including phenoxy) is 1. The lowest BCUT2D eigenvalue weighted by atomic mass is 10.1. The number of carboxylic acid groups (broad SMARTS) is 1. The first-order valence-corrected chi connectivity index (χ1v) is 12.8. The molecule has 41 heavy (non-hydrogen) atoms. The van der Waals surface area contributed by atoms with Crippen LogP contribution in [0.4, 0.5) is 28.8 Å². The summed E-state index contributed by atoms with van der Waals surface area (Å²) in [6.07, 6.45) is -2.87. The third-order valence-corrected chi connectivity index (χ3v) is 7.06. The largest absolute Gasteiger partial charge is 0.478 e. The Morgan fingerprint density at radius 1 is 1.10 bits per heavy atom. The number of thiazole rings is 1. The summed E-state index contributed by atoms with van der Waals surface area (Å²) < 4.78 is 44.9. The van der Waals surface area contributed by atoms with E-state index < -0.39 is 35.8 Å². The van der Waals surface area contributed by atoms with Crippen molar-refractivity contribution in [2.24, 2.45) is 5.73 Å². The standard InChI is InChI=1S/C24H21F3N8O5S/c25-24(26,27)12-1-3-13(4-2-12)31-22(39)33-23-29-11-17(41-23)16-9-14(21(37)38)15-10-30-35(19(15)32-16)20(18(28)36)34-5-7-40-8-6-34/h1-4,9-11,20H,5-8H2,(H2,28,36)(H,37,38)(H2,29,31,33,39). The highest BCUT2D eigenvalue weighted by Gasteiger charge is 2.31. The van der Waals surface area contributed by atoms with Crippen molar-refractivity contribution in [3.05, 3.63) is 53.9 Å². The lowest BCUT2D eigenvalue weighted by Crippen LogP contribution is -2.47. The van der Waals surface area contributed by atoms with E-state index in [1.807, 2.05) is 0 Å². The van der Waals surface area contributed by atoms with Crippen LogP contribution < -0.4 is 16.4 Å². The van der Waals surface area contributed by atoms with Crippen LogP contribution in [0.1, 0.15) is 22.1 Å². The van der Waals surface area contributed by atoms with Crippen molar-refractivity contribution in [2.75, 3.05) is 36.9 Å². The van der Waals surface area contributed by atoms with Gasteiger partial charge in [-0.05, 0) is 30.3 Å². The number of carbonyl (C=O) groups is 3. The molecule has 0 aliphatic carbocycles. The fourth-order valence-corrected chi connectivity index (χ4v) is 5.00. The summed E-state index contributed by atoms with van der Waals surface area (Å²) in [6, 6.07) is 4.47. The number of benzene rings is 1. The van der Waals surface area contributed by atoms with Gasteiger partial charge in [0.2, 0.25) is 0 Å². The van der Waals surface area contributed by atoms with Gasteiger partial charge in [0.15, 0.2) is 16.9 Å². The van der Waals surface area contributed by atoms with Crippen molar-refractivity contribution in [3.8, 4) is 10.6 Å². The molecule has 4 heterocycles. The second-order valence-corrected chi connectivity index (χ2v) is 9.83. The number of nitrogens with two attached hydrogens (primary N) is 1. The maximum absolute atomic E-state index is 12.8. The van der Waals surface area contributed by atoms with Crippen LogP contribution in [0.15, 0.2) is 42.7 Å². The number of aromatic carboxylic acids is 1. The van der Waals surface area contributed by atoms with Gasteiger partial charge >= 0.3 is 18.2 Å². The number of halogens is 3. The molecular formula is C24H21F3N8O5S. The minimum atomic E-state index is -4.50. The quantitative estimate of drug-likeness (QED) is 0.252. The molecule has 0 bridgehead atoms. The molecule has 1 fully saturated rings. The Hall–Kier alpha value is -4.61. The van der Waals surface area contributed by atoms with Crippen LogP contribution in [-0.4, -0.2) is 74.0 Å². The first-order valence-electron chi connectivity index (χ1n) is 12.0. The number of pyridine rings is 1. The molecule has 4 aromatic rings. The van der Waals surface area contributed by atoms with Gasteiger partial charge < -0.3 is 20.9 Å². The zero-order chi connectivity index (χ0) is 29.3. The van der Waals surface area contributed by atoms with E-state index in [-0.39, 0.29) is 33.1 Å². The van der Waals surface area contributed by atoms with Gasteiger partial charge in [-0.15, -0.1) is 0 Å². The molecule has 5 rings (SSSR count). The molecule has 1 aromatic carbocycles. The Kier molecular flexibility index (Phi) is 7.57. The molecule has 3 aromatic heterocycles. The highest BCUT2D eigenvalue weighted by atomic mass is 32.1. The second-order valence-electron chi connectivity index (χ2n) is 8.79. The van der Waals surface area contributed by atoms with Crippen molar-refractivity contribution < 1.29 is 37.4 Å². The summed E-state index contributed by atoms with van der Waals surface area (Å²) in [5, 5.41) is 19.3. The normalized spacial score (nSPS) is 15.0. The summed E-state index contributed by atoms with van der Waals surface area (Å²) in [7, 11) is 0. The zero-order valence-corrected chi connectivity index (χ0v) is 21.7. The van der Waals surface area contributed by atoms with E-state index in [4.69, 9.17) is 10.5 Å². The number of morpholine rings is 1. The van der Waals surface area contributed by atoms with Crippen LogP contribution >= 0.6 is 11.3 Å². The fourth-order valence-electron chi connectivity index (χ4n) is 4.23. The SMILES string of the molecule is NC(=O)C(N1CCOCC1)n1ncc2c(C(=O)O)cc(-c3cnc(NC(=O)Nc4ccc(C(F)(F)F)cc4)s3)nc21. The Morgan fingerprint density at radius 2 is 1.80 bits per heavy atom. The lowest BCUT2D eigenvalue weighted by Gasteiger charge is -2.32. The highest BCUT2D eigenvalue weighted by molar-refractivity contribution is 7.19. The highest BCUT2D eigenvalue weighted by Crippen LogP contribution is 2.33. The van der Waals surface area contributed by atoms with E-state index >= 15 is 0 Å². The summed E-state index contributed by atoms with van der Waals surface area (Å²) in [5.41, 5.74) is 5.15. The van der Waals surface area contributed by atoms with Crippen LogP contribution in [-0.2, 0) is 15.7 Å². The number of nitrogens with zero attached hydrogens (tertiary/aromatic N) is 5. The molecule has 0 saturated carbocycles. The summed E-state index contributed by atoms with van der Waals surface area (Å²) >= 11 is 0.975. The number of alkyl halides is 3. The topological polar surface area (TPSA) is 178 Å². The Morgan fingerprint density at radius 3 is 2.44 bits per heavy atom. The molecule has 0 spiro atoms. The monoisotopic (exact) mass is 590 g/mol. The second kappa shape index (κ2) is 11.1. The summed E-state index contributed by atoms with van der Waals surface area (Å²) in [5.74, 6) is -1.96. The van der Waals surface area contributed by atoms with E-state index in [0.29, 0.717) is 31.2 Å². The minimum Gasteiger partial charge on any atom is -0.478 e. The first kappa shape index (κ1) is 27.9. The van der Waals surface area contributed by atoms with Gasteiger partial charge in [0, 0.05) is 25.0 Å². The van der Waals surface area contributed by atoms with Crippen molar-refractivity contribution in [1.82, 2.24) is 24.6 Å². The van der Waals surface area contributed by atoms with Crippen LogP contribution in [0.5, 0.6) is 0 Å². The number of primary amides is 1. The number of rotatable bonds is 7. The van der Waals surface area contributed by atoms with Crippen LogP contribution in [0.25, 0.3) is 21.6 Å². The Bertz CT molecular complexity index is 1620. The molecule has 214 valence electrons. The Labute approximate surface area is 232 Å². The number of nitrogens with one attached hydrogen (secondary N) is 2. The third kappa shape index (κ3) is 5.96. The summed E-state index contributed by atoms with van der Waals surface area (Å²) in [4.78, 5) is 47.7. The van der Waals surface area contributed by atoms with E-state index in [1.165, 1.54) is 23.1 Å². The number of hydrogen-bond acceptors (Lipinski definition) is 9. The van der Waals surface area contributed by atoms with E-state index in [1.54, 1.807) is 4.90 Å². The molecular weight excluding hydrogens is 569 g/mol. The zero-order valence-electron chi connectivity index (χ0n) is 20.9. The van der Waals surface area contributed by atoms with Crippen LogP contribution in [0.2, 0.25) is 0 Å². The molecule has 17 heteroatoms. The van der Waals surface area contributed by atoms with Crippen LogP contribution in [0.3, 0.4) is 0 Å². The summed E-state index contributed by atoms with van der Waals surface area (Å²) in [6.45, 7) is 1.56. The predicted molar refractivity (Wildman–Crippen MR) is 140 cm³/mol. The number of urea groups is 1. The molecule has 3 amide bonds. The van der Waals surface area contributed by atoms with Crippen molar-refractivity contribution in [1.29, 1.82) is 0 Å². The number of aromatic nitrogens is 4. The van der Waals surface area contributed by atoms with E-state index in [9.17, 15) is 32.7 Å². The maximum atomic E-state index is 12.8. The van der Waals surface area contributed by atoms with Gasteiger partial charge in [0.25, 0.3) is 5.91 Å². The van der Waals surface area contributed by atoms with Crippen molar-refractivity contribution in [2.45, 2.75) is 12.3 Å². The number of amides is 3. The average Bonchev–Trinajstić information content (AvgIpc) is 3.56. The molecule has 1 atom stereocenters. The Balaban J connectivity index is 1.41. The number of carboxylic acids is 1. The van der Waals surface area contributed by atoms with Crippen molar-refractivity contribution in [3.63, 3.8) is 0 Å². The van der Waals surface area contributed by atoms with Gasteiger partial charge in [-0.1, -0.05) is 11.3 Å². The molecule has 1 saturated heterocycles. The molecule has 13 nitrogen and oxygen atoms in total. The average molecular weight is 591 g/mol. The number of anilines is 2. The van der Waals surface area contributed by atoms with E-state index in [2.05, 4.69) is 25.7 Å². The van der Waals surface area contributed by atoms with Gasteiger partial charge in [-0.25, -0.2) is 24.2 Å². The van der Waals surface area contributed by atoms with Crippen molar-refractivity contribution >= 4 is 51.1 Å². The number of fused-ring (bicyclic) bond motifs is 1. The van der Waals surface area contributed by atoms with Gasteiger partial charge in [0.1, 0.15) is 0 Å². The predicted octanol–water partition coefficient (Wildman–Crippen LogP) is 3.23. The molecule has 1 aliphatic rings. The maximum Gasteiger partial charge on any atom is 0.416 e. The fraction of sp³-hybridized carbons (Fsp3) is 0.250. The van der Waals surface area contributed by atoms with Gasteiger partial charge in [0.05, 0.1) is 46.5 Å². The number of carbonyl (C=O) groups excluding carboxylic acids is 2. The smallest absolute Gasteiger partial charge is 0.416 e. The molecule has 1 unspecified atom stereocenters. The van der Waals surface area contributed by atoms with E-state index in [0.717, 1.165) is 35.6 Å². The van der Waals surface area contributed by atoms with Gasteiger partial charge in [-0.2, -0.15) is 18.3 Å². The van der Waals surface area contributed by atoms with Gasteiger partial charge in [-0.3, -0.25) is 15.0 Å². The molecule has 5 N–H and O–H groups in total. The first-order chi connectivity index (χ1) is 19.5. The third-order valence-electron chi connectivity index (χ3n) is 6.12. The minimum absolute atomic E-state index is 0.109. The molecule has 1 aliphatic heterocycles.